The van der Waals surface area contributed by atoms with E-state index in [4.69, 9.17) is 5.73 Å². The molecular weight excluding hydrogens is 248 g/mol. The minimum absolute atomic E-state index is 0.360. The molecular formula is C16H20N4. The van der Waals surface area contributed by atoms with Crippen molar-refractivity contribution in [1.29, 1.82) is 0 Å². The average molecular weight is 268 g/mol. The van der Waals surface area contributed by atoms with E-state index >= 15 is 0 Å². The summed E-state index contributed by atoms with van der Waals surface area (Å²) >= 11 is 0. The minimum atomic E-state index is 0.360. The third-order valence-corrected chi connectivity index (χ3v) is 3.82. The van der Waals surface area contributed by atoms with Gasteiger partial charge in [-0.2, -0.15) is 0 Å². The third-order valence-electron chi connectivity index (χ3n) is 3.82. The molecule has 1 aromatic carbocycles. The molecule has 3 rings (SSSR count). The molecule has 0 aliphatic rings. The number of imidazole rings is 1. The summed E-state index contributed by atoms with van der Waals surface area (Å²) in [7, 11) is 0. The Labute approximate surface area is 118 Å². The molecule has 0 amide bonds. The van der Waals surface area contributed by atoms with Crippen LogP contribution in [0.15, 0.2) is 30.5 Å². The lowest BCUT2D eigenvalue weighted by molar-refractivity contribution is 0.655. The van der Waals surface area contributed by atoms with Gasteiger partial charge in [0.1, 0.15) is 5.82 Å². The second-order valence-electron chi connectivity index (χ2n) is 5.33. The van der Waals surface area contributed by atoms with Crippen LogP contribution in [0, 0.1) is 6.92 Å². The van der Waals surface area contributed by atoms with Crippen LogP contribution in [0.2, 0.25) is 0 Å². The van der Waals surface area contributed by atoms with Gasteiger partial charge >= 0.3 is 0 Å². The number of aromatic nitrogens is 3. The van der Waals surface area contributed by atoms with Crippen LogP contribution in [0.5, 0.6) is 0 Å². The van der Waals surface area contributed by atoms with Gasteiger partial charge in [-0.05, 0) is 26.0 Å². The summed E-state index contributed by atoms with van der Waals surface area (Å²) < 4.78 is 0. The topological polar surface area (TPSA) is 70.5 Å². The van der Waals surface area contributed by atoms with Crippen molar-refractivity contribution in [2.24, 2.45) is 5.73 Å². The van der Waals surface area contributed by atoms with E-state index in [-0.39, 0.29) is 0 Å². The van der Waals surface area contributed by atoms with E-state index in [1.165, 1.54) is 10.9 Å². The van der Waals surface area contributed by atoms with Gasteiger partial charge in [0.15, 0.2) is 0 Å². The standard InChI is InChI=1S/C16H20N4/c1-10(7-8-17)16-18-9-14(20-16)15-11(2)19-13-6-4-3-5-12(13)15/h3-6,9-10,19H,7-8,17H2,1-2H3,(H,18,20). The summed E-state index contributed by atoms with van der Waals surface area (Å²) in [5.74, 6) is 1.37. The van der Waals surface area contributed by atoms with Gasteiger partial charge in [-0.15, -0.1) is 0 Å². The minimum Gasteiger partial charge on any atom is -0.358 e. The molecule has 104 valence electrons. The van der Waals surface area contributed by atoms with E-state index in [1.54, 1.807) is 0 Å². The van der Waals surface area contributed by atoms with Crippen LogP contribution in [0.1, 0.15) is 30.8 Å². The van der Waals surface area contributed by atoms with Gasteiger partial charge in [0.05, 0.1) is 11.9 Å². The van der Waals surface area contributed by atoms with Gasteiger partial charge in [-0.1, -0.05) is 25.1 Å². The Bertz CT molecular complexity index is 723. The van der Waals surface area contributed by atoms with Crippen molar-refractivity contribution in [3.05, 3.63) is 42.0 Å². The monoisotopic (exact) mass is 268 g/mol. The highest BCUT2D eigenvalue weighted by Crippen LogP contribution is 2.31. The first-order valence-electron chi connectivity index (χ1n) is 7.03. The fourth-order valence-corrected chi connectivity index (χ4v) is 2.72. The highest BCUT2D eigenvalue weighted by Gasteiger charge is 2.14. The first kappa shape index (κ1) is 12.9. The van der Waals surface area contributed by atoms with Crippen molar-refractivity contribution < 1.29 is 0 Å². The molecule has 3 aromatic rings. The molecule has 0 saturated carbocycles. The van der Waals surface area contributed by atoms with Crippen molar-refractivity contribution in [3.63, 3.8) is 0 Å². The van der Waals surface area contributed by atoms with Crippen LogP contribution in [0.25, 0.3) is 22.2 Å². The van der Waals surface area contributed by atoms with Gasteiger partial charge < -0.3 is 15.7 Å². The molecule has 4 nitrogen and oxygen atoms in total. The van der Waals surface area contributed by atoms with Gasteiger partial charge in [0.25, 0.3) is 0 Å². The zero-order valence-electron chi connectivity index (χ0n) is 11.9. The number of nitrogens with one attached hydrogen (secondary N) is 2. The van der Waals surface area contributed by atoms with Gasteiger partial charge in [0, 0.05) is 28.1 Å². The molecule has 2 aromatic heterocycles. The number of aryl methyl sites for hydroxylation is 1. The lowest BCUT2D eigenvalue weighted by Crippen LogP contribution is -2.05. The Morgan fingerprint density at radius 1 is 1.25 bits per heavy atom. The Hall–Kier alpha value is -2.07. The van der Waals surface area contributed by atoms with Gasteiger partial charge in [-0.25, -0.2) is 4.98 Å². The maximum atomic E-state index is 5.62. The van der Waals surface area contributed by atoms with Crippen LogP contribution in [-0.4, -0.2) is 21.5 Å². The van der Waals surface area contributed by atoms with Crippen LogP contribution < -0.4 is 5.73 Å². The van der Waals surface area contributed by atoms with Crippen LogP contribution in [-0.2, 0) is 0 Å². The molecule has 0 aliphatic heterocycles. The first-order valence-corrected chi connectivity index (χ1v) is 7.03. The van der Waals surface area contributed by atoms with E-state index < -0.39 is 0 Å². The molecule has 0 aliphatic carbocycles. The first-order chi connectivity index (χ1) is 9.70. The lowest BCUT2D eigenvalue weighted by Gasteiger charge is -2.05. The van der Waals surface area contributed by atoms with Crippen LogP contribution in [0.3, 0.4) is 0 Å². The largest absolute Gasteiger partial charge is 0.358 e. The molecule has 2 heterocycles. The number of H-pyrrole nitrogens is 2. The second-order valence-corrected chi connectivity index (χ2v) is 5.33. The predicted molar refractivity (Wildman–Crippen MR) is 82.7 cm³/mol. The zero-order valence-corrected chi connectivity index (χ0v) is 11.9. The number of fused-ring (bicyclic) bond motifs is 1. The van der Waals surface area contributed by atoms with Crippen molar-refractivity contribution in [2.75, 3.05) is 6.54 Å². The van der Waals surface area contributed by atoms with E-state index in [9.17, 15) is 0 Å². The molecule has 20 heavy (non-hydrogen) atoms. The number of aromatic amines is 2. The van der Waals surface area contributed by atoms with E-state index in [2.05, 4.69) is 47.0 Å². The molecule has 0 radical (unpaired) electrons. The fourth-order valence-electron chi connectivity index (χ4n) is 2.72. The summed E-state index contributed by atoms with van der Waals surface area (Å²) in [4.78, 5) is 11.4. The number of benzene rings is 1. The Morgan fingerprint density at radius 3 is 2.85 bits per heavy atom. The maximum Gasteiger partial charge on any atom is 0.109 e. The highest BCUT2D eigenvalue weighted by molar-refractivity contribution is 5.96. The molecule has 4 heteroatoms. The number of nitrogens with two attached hydrogens (primary N) is 1. The summed E-state index contributed by atoms with van der Waals surface area (Å²) in [5, 5.41) is 1.23. The number of hydrogen-bond donors (Lipinski definition) is 3. The van der Waals surface area contributed by atoms with Crippen molar-refractivity contribution in [1.82, 2.24) is 15.0 Å². The Kier molecular flexibility index (Phi) is 3.32. The number of rotatable bonds is 4. The zero-order chi connectivity index (χ0) is 14.1. The molecule has 0 spiro atoms. The summed E-state index contributed by atoms with van der Waals surface area (Å²) in [5.41, 5.74) is 10.2. The number of nitrogens with zero attached hydrogens (tertiary/aromatic N) is 1. The summed E-state index contributed by atoms with van der Waals surface area (Å²) in [6.45, 7) is 4.93. The average Bonchev–Trinajstić information content (AvgIpc) is 3.01. The lowest BCUT2D eigenvalue weighted by atomic mass is 10.1. The molecule has 0 fully saturated rings. The molecule has 1 unspecified atom stereocenters. The fraction of sp³-hybridized carbons (Fsp3) is 0.312. The smallest absolute Gasteiger partial charge is 0.109 e. The van der Waals surface area contributed by atoms with E-state index in [1.807, 2.05) is 12.3 Å². The van der Waals surface area contributed by atoms with Crippen molar-refractivity contribution >= 4 is 10.9 Å². The highest BCUT2D eigenvalue weighted by atomic mass is 14.9. The number of hydrogen-bond acceptors (Lipinski definition) is 2. The van der Waals surface area contributed by atoms with E-state index in [0.717, 1.165) is 29.1 Å². The van der Waals surface area contributed by atoms with Gasteiger partial charge in [0.2, 0.25) is 0 Å². The van der Waals surface area contributed by atoms with Crippen molar-refractivity contribution in [2.45, 2.75) is 26.2 Å². The third kappa shape index (κ3) is 2.12. The van der Waals surface area contributed by atoms with Crippen LogP contribution in [0.4, 0.5) is 0 Å². The Balaban J connectivity index is 2.05. The predicted octanol–water partition coefficient (Wildman–Crippen LogP) is 3.32. The summed E-state index contributed by atoms with van der Waals surface area (Å²) in [6.07, 6.45) is 2.87. The molecule has 4 N–H and O–H groups in total. The van der Waals surface area contributed by atoms with Gasteiger partial charge in [-0.3, -0.25) is 0 Å². The summed E-state index contributed by atoms with van der Waals surface area (Å²) in [6, 6.07) is 8.34. The maximum absolute atomic E-state index is 5.62. The van der Waals surface area contributed by atoms with E-state index in [0.29, 0.717) is 12.5 Å². The Morgan fingerprint density at radius 2 is 2.05 bits per heavy atom. The molecule has 1 atom stereocenters. The number of para-hydroxylation sites is 1. The molecule has 0 bridgehead atoms. The second kappa shape index (κ2) is 5.13. The SMILES string of the molecule is Cc1[nH]c2ccccc2c1-c1cnc(C(C)CCN)[nH]1. The quantitative estimate of drug-likeness (QED) is 0.679. The van der Waals surface area contributed by atoms with Crippen molar-refractivity contribution in [3.8, 4) is 11.3 Å². The van der Waals surface area contributed by atoms with Crippen LogP contribution >= 0.6 is 0 Å². The normalized spacial score (nSPS) is 12.9. The molecule has 0 saturated heterocycles.